The van der Waals surface area contributed by atoms with Gasteiger partial charge in [0.15, 0.2) is 0 Å². The Morgan fingerprint density at radius 3 is 2.71 bits per heavy atom. The van der Waals surface area contributed by atoms with Crippen LogP contribution in [0.3, 0.4) is 0 Å². The van der Waals surface area contributed by atoms with Gasteiger partial charge in [0.05, 0.1) is 18.7 Å². The van der Waals surface area contributed by atoms with E-state index in [0.717, 1.165) is 10.7 Å². The lowest BCUT2D eigenvalue weighted by molar-refractivity contribution is -0.138. The number of benzene rings is 1. The SMILES string of the molecule is CCOC(=O)c1nnnn1Cc1ccccc1C(F)(F)F. The fourth-order valence-corrected chi connectivity index (χ4v) is 1.75. The molecule has 2 rings (SSSR count). The van der Waals surface area contributed by atoms with Gasteiger partial charge < -0.3 is 4.74 Å². The molecule has 0 unspecified atom stereocenters. The summed E-state index contributed by atoms with van der Waals surface area (Å²) in [6.45, 7) is 1.44. The molecule has 0 bridgehead atoms. The number of hydrogen-bond acceptors (Lipinski definition) is 5. The molecule has 0 fully saturated rings. The van der Waals surface area contributed by atoms with Crippen LogP contribution in [-0.2, 0) is 17.5 Å². The van der Waals surface area contributed by atoms with E-state index in [0.29, 0.717) is 0 Å². The molecule has 112 valence electrons. The zero-order valence-corrected chi connectivity index (χ0v) is 11.0. The molecule has 0 aliphatic rings. The average molecular weight is 300 g/mol. The summed E-state index contributed by atoms with van der Waals surface area (Å²) in [5, 5.41) is 10.3. The van der Waals surface area contributed by atoms with E-state index in [9.17, 15) is 18.0 Å². The molecule has 0 saturated carbocycles. The number of carbonyl (C=O) groups is 1. The van der Waals surface area contributed by atoms with Crippen LogP contribution in [0.25, 0.3) is 0 Å². The molecule has 0 spiro atoms. The van der Waals surface area contributed by atoms with Crippen molar-refractivity contribution < 1.29 is 22.7 Å². The standard InChI is InChI=1S/C12H11F3N4O2/c1-2-21-11(20)10-16-17-18-19(10)7-8-5-3-4-6-9(8)12(13,14)15/h3-6H,2,7H2,1H3. The molecule has 0 amide bonds. The average Bonchev–Trinajstić information content (AvgIpc) is 2.86. The van der Waals surface area contributed by atoms with Crippen LogP contribution < -0.4 is 0 Å². The van der Waals surface area contributed by atoms with Gasteiger partial charge in [-0.05, 0) is 29.0 Å². The van der Waals surface area contributed by atoms with Crippen molar-refractivity contribution >= 4 is 5.97 Å². The van der Waals surface area contributed by atoms with E-state index >= 15 is 0 Å². The molecule has 1 aromatic heterocycles. The fraction of sp³-hybridized carbons (Fsp3) is 0.333. The smallest absolute Gasteiger partial charge is 0.416 e. The minimum Gasteiger partial charge on any atom is -0.460 e. The molecule has 0 aliphatic heterocycles. The molecule has 21 heavy (non-hydrogen) atoms. The predicted molar refractivity (Wildman–Crippen MR) is 64.3 cm³/mol. The van der Waals surface area contributed by atoms with Crippen molar-refractivity contribution in [3.8, 4) is 0 Å². The summed E-state index contributed by atoms with van der Waals surface area (Å²) >= 11 is 0. The molecular formula is C12H11F3N4O2. The minimum absolute atomic E-state index is 0.0390. The highest BCUT2D eigenvalue weighted by Gasteiger charge is 2.33. The van der Waals surface area contributed by atoms with Gasteiger partial charge in [-0.2, -0.15) is 13.2 Å². The quantitative estimate of drug-likeness (QED) is 0.807. The van der Waals surface area contributed by atoms with Crippen molar-refractivity contribution in [2.45, 2.75) is 19.6 Å². The molecule has 6 nitrogen and oxygen atoms in total. The van der Waals surface area contributed by atoms with Crippen LogP contribution in [0, 0.1) is 0 Å². The van der Waals surface area contributed by atoms with Gasteiger partial charge in [0, 0.05) is 0 Å². The number of esters is 1. The predicted octanol–water partition coefficient (Wildman–Crippen LogP) is 1.92. The van der Waals surface area contributed by atoms with E-state index in [-0.39, 0.29) is 24.5 Å². The number of aromatic nitrogens is 4. The third kappa shape index (κ3) is 3.36. The summed E-state index contributed by atoms with van der Waals surface area (Å²) in [5.74, 6) is -1.03. The first-order valence-electron chi connectivity index (χ1n) is 6.02. The molecule has 1 heterocycles. The van der Waals surface area contributed by atoms with Gasteiger partial charge in [0.25, 0.3) is 5.82 Å². The van der Waals surface area contributed by atoms with Crippen molar-refractivity contribution in [2.24, 2.45) is 0 Å². The molecule has 0 radical (unpaired) electrons. The molecule has 0 N–H and O–H groups in total. The van der Waals surface area contributed by atoms with Gasteiger partial charge in [-0.15, -0.1) is 5.10 Å². The van der Waals surface area contributed by atoms with Crippen LogP contribution in [-0.4, -0.2) is 32.8 Å². The lowest BCUT2D eigenvalue weighted by Gasteiger charge is -2.12. The number of hydrogen-bond donors (Lipinski definition) is 0. The first-order valence-corrected chi connectivity index (χ1v) is 6.02. The van der Waals surface area contributed by atoms with Gasteiger partial charge in [0.1, 0.15) is 0 Å². The summed E-state index contributed by atoms with van der Waals surface area (Å²) < 4.78 is 44.4. The number of ether oxygens (including phenoxy) is 1. The zero-order valence-electron chi connectivity index (χ0n) is 11.0. The number of alkyl halides is 3. The Hall–Kier alpha value is -2.45. The Kier molecular flexibility index (Phi) is 4.20. The molecule has 1 aromatic carbocycles. The maximum absolute atomic E-state index is 12.9. The van der Waals surface area contributed by atoms with Crippen LogP contribution in [0.2, 0.25) is 0 Å². The van der Waals surface area contributed by atoms with Crippen LogP contribution >= 0.6 is 0 Å². The normalized spacial score (nSPS) is 11.4. The van der Waals surface area contributed by atoms with Gasteiger partial charge >= 0.3 is 12.1 Å². The van der Waals surface area contributed by atoms with Crippen molar-refractivity contribution in [3.05, 3.63) is 41.2 Å². The summed E-state index contributed by atoms with van der Waals surface area (Å²) in [7, 11) is 0. The van der Waals surface area contributed by atoms with E-state index in [2.05, 4.69) is 15.5 Å². The molecule has 0 saturated heterocycles. The second kappa shape index (κ2) is 5.90. The topological polar surface area (TPSA) is 69.9 Å². The second-order valence-electron chi connectivity index (χ2n) is 4.04. The number of tetrazole rings is 1. The molecule has 0 atom stereocenters. The lowest BCUT2D eigenvalue weighted by atomic mass is 10.1. The summed E-state index contributed by atoms with van der Waals surface area (Å²) in [4.78, 5) is 11.6. The third-order valence-corrected chi connectivity index (χ3v) is 2.63. The molecule has 2 aromatic rings. The van der Waals surface area contributed by atoms with Crippen LogP contribution in [0.1, 0.15) is 28.7 Å². The summed E-state index contributed by atoms with van der Waals surface area (Å²) in [6, 6.07) is 5.03. The van der Waals surface area contributed by atoms with Crippen molar-refractivity contribution in [3.63, 3.8) is 0 Å². The Balaban J connectivity index is 2.32. The number of nitrogens with zero attached hydrogens (tertiary/aromatic N) is 4. The maximum atomic E-state index is 12.9. The van der Waals surface area contributed by atoms with Gasteiger partial charge in [-0.1, -0.05) is 18.2 Å². The fourth-order valence-electron chi connectivity index (χ4n) is 1.75. The highest BCUT2D eigenvalue weighted by Crippen LogP contribution is 2.32. The Bertz CT molecular complexity index is 639. The van der Waals surface area contributed by atoms with Gasteiger partial charge in [0.2, 0.25) is 0 Å². The number of halogens is 3. The van der Waals surface area contributed by atoms with Crippen LogP contribution in [0.15, 0.2) is 24.3 Å². The Morgan fingerprint density at radius 1 is 1.33 bits per heavy atom. The van der Waals surface area contributed by atoms with E-state index < -0.39 is 17.7 Å². The van der Waals surface area contributed by atoms with E-state index in [1.54, 1.807) is 6.92 Å². The number of carbonyl (C=O) groups excluding carboxylic acids is 1. The maximum Gasteiger partial charge on any atom is 0.416 e. The Morgan fingerprint density at radius 2 is 2.05 bits per heavy atom. The monoisotopic (exact) mass is 300 g/mol. The van der Waals surface area contributed by atoms with Gasteiger partial charge in [-0.25, -0.2) is 9.48 Å². The highest BCUT2D eigenvalue weighted by molar-refractivity contribution is 5.85. The van der Waals surface area contributed by atoms with E-state index in [1.807, 2.05) is 0 Å². The summed E-state index contributed by atoms with van der Waals surface area (Å²) in [5.41, 5.74) is -0.835. The second-order valence-corrected chi connectivity index (χ2v) is 4.04. The minimum atomic E-state index is -4.49. The molecular weight excluding hydrogens is 289 g/mol. The highest BCUT2D eigenvalue weighted by atomic mass is 19.4. The van der Waals surface area contributed by atoms with Crippen LogP contribution in [0.4, 0.5) is 13.2 Å². The zero-order chi connectivity index (χ0) is 15.5. The first kappa shape index (κ1) is 14.9. The van der Waals surface area contributed by atoms with E-state index in [4.69, 9.17) is 4.74 Å². The number of rotatable bonds is 4. The molecule has 9 heteroatoms. The van der Waals surface area contributed by atoms with E-state index in [1.165, 1.54) is 18.2 Å². The molecule has 0 aliphatic carbocycles. The Labute approximate surface area is 117 Å². The van der Waals surface area contributed by atoms with Gasteiger partial charge in [-0.3, -0.25) is 0 Å². The summed E-state index contributed by atoms with van der Waals surface area (Å²) in [6.07, 6.45) is -4.49. The van der Waals surface area contributed by atoms with Crippen LogP contribution in [0.5, 0.6) is 0 Å². The van der Waals surface area contributed by atoms with Crippen molar-refractivity contribution in [2.75, 3.05) is 6.61 Å². The third-order valence-electron chi connectivity index (χ3n) is 2.63. The van der Waals surface area contributed by atoms with Crippen molar-refractivity contribution in [1.82, 2.24) is 20.2 Å². The lowest BCUT2D eigenvalue weighted by Crippen LogP contribution is -2.17. The first-order chi connectivity index (χ1) is 9.93. The largest absolute Gasteiger partial charge is 0.460 e. The van der Waals surface area contributed by atoms with Crippen molar-refractivity contribution in [1.29, 1.82) is 0 Å².